The first kappa shape index (κ1) is 23.5. The van der Waals surface area contributed by atoms with E-state index in [4.69, 9.17) is 5.73 Å². The summed E-state index contributed by atoms with van der Waals surface area (Å²) in [6, 6.07) is 17.1. The Bertz CT molecular complexity index is 935. The van der Waals surface area contributed by atoms with E-state index in [0.29, 0.717) is 18.8 Å². The minimum absolute atomic E-state index is 0.185. The number of hydrogen-bond acceptors (Lipinski definition) is 5. The maximum atomic E-state index is 12.0. The summed E-state index contributed by atoms with van der Waals surface area (Å²) < 4.78 is 0. The largest absolute Gasteiger partial charge is 0.374 e. The molecule has 0 radical (unpaired) electrons. The molecule has 2 aliphatic rings. The fourth-order valence-electron chi connectivity index (χ4n) is 4.92. The Labute approximate surface area is 196 Å². The van der Waals surface area contributed by atoms with Crippen molar-refractivity contribution in [1.29, 1.82) is 0 Å². The van der Waals surface area contributed by atoms with Gasteiger partial charge >= 0.3 is 0 Å². The van der Waals surface area contributed by atoms with Crippen LogP contribution in [0.2, 0.25) is 0 Å². The molecule has 2 aromatic rings. The monoisotopic (exact) mass is 448 g/mol. The number of carbonyl (C=O) groups excluding carboxylic acids is 2. The van der Waals surface area contributed by atoms with Crippen molar-refractivity contribution in [3.63, 3.8) is 0 Å². The lowest BCUT2D eigenvalue weighted by Gasteiger charge is -2.32. The van der Waals surface area contributed by atoms with E-state index in [9.17, 15) is 9.59 Å². The van der Waals surface area contributed by atoms with Gasteiger partial charge in [0.2, 0.25) is 11.8 Å². The Hall–Kier alpha value is -2.70. The van der Waals surface area contributed by atoms with Crippen molar-refractivity contribution < 1.29 is 9.59 Å². The molecule has 0 aromatic heterocycles. The van der Waals surface area contributed by atoms with Gasteiger partial charge in [0.1, 0.15) is 6.04 Å². The van der Waals surface area contributed by atoms with Gasteiger partial charge in [-0.05, 0) is 92.9 Å². The van der Waals surface area contributed by atoms with Gasteiger partial charge in [0.25, 0.3) is 0 Å². The summed E-state index contributed by atoms with van der Waals surface area (Å²) >= 11 is 0. The molecule has 4 rings (SSSR count). The molecule has 2 saturated heterocycles. The summed E-state index contributed by atoms with van der Waals surface area (Å²) in [5.41, 5.74) is 10.7. The van der Waals surface area contributed by atoms with Crippen LogP contribution in [-0.4, -0.2) is 42.4 Å². The average molecular weight is 449 g/mol. The fourth-order valence-corrected chi connectivity index (χ4v) is 4.92. The molecule has 4 N–H and O–H groups in total. The number of aryl methyl sites for hydroxylation is 1. The Morgan fingerprint density at radius 3 is 2.45 bits per heavy atom. The van der Waals surface area contributed by atoms with E-state index in [1.54, 1.807) is 0 Å². The second kappa shape index (κ2) is 11.4. The molecule has 1 atom stereocenters. The number of nitrogens with two attached hydrogens (primary N) is 1. The second-order valence-electron chi connectivity index (χ2n) is 9.39. The van der Waals surface area contributed by atoms with E-state index in [0.717, 1.165) is 64.0 Å². The predicted molar refractivity (Wildman–Crippen MR) is 132 cm³/mol. The molecule has 0 spiro atoms. The number of nitrogens with zero attached hydrogens (tertiary/aromatic N) is 1. The molecular weight excluding hydrogens is 412 g/mol. The summed E-state index contributed by atoms with van der Waals surface area (Å²) in [7, 11) is 0. The zero-order chi connectivity index (χ0) is 23.0. The van der Waals surface area contributed by atoms with Crippen molar-refractivity contribution in [3.8, 4) is 0 Å². The molecule has 2 aromatic carbocycles. The van der Waals surface area contributed by atoms with E-state index in [-0.39, 0.29) is 17.9 Å². The van der Waals surface area contributed by atoms with Crippen LogP contribution in [0.4, 0.5) is 5.69 Å². The quantitative estimate of drug-likeness (QED) is 0.403. The molecule has 0 saturated carbocycles. The van der Waals surface area contributed by atoms with Crippen molar-refractivity contribution in [2.45, 2.75) is 63.5 Å². The zero-order valence-electron chi connectivity index (χ0n) is 19.4. The lowest BCUT2D eigenvalue weighted by atomic mass is 9.89. The molecular formula is C27H36N4O2. The Balaban J connectivity index is 1.25. The highest BCUT2D eigenvalue weighted by atomic mass is 16.2. The number of imide groups is 1. The van der Waals surface area contributed by atoms with Crippen LogP contribution in [-0.2, 0) is 22.6 Å². The van der Waals surface area contributed by atoms with Gasteiger partial charge < -0.3 is 11.1 Å². The van der Waals surface area contributed by atoms with Crippen LogP contribution in [0.1, 0.15) is 61.1 Å². The molecule has 33 heavy (non-hydrogen) atoms. The SMILES string of the molecule is NCCCCc1cccc(CN2CCC(c3ccc(NC4CCC(=O)NC4=O)cc3)CC2)c1. The highest BCUT2D eigenvalue weighted by Gasteiger charge is 2.26. The van der Waals surface area contributed by atoms with Gasteiger partial charge in [-0.2, -0.15) is 0 Å². The van der Waals surface area contributed by atoms with E-state index in [1.165, 1.54) is 16.7 Å². The first-order valence-corrected chi connectivity index (χ1v) is 12.3. The molecule has 2 fully saturated rings. The van der Waals surface area contributed by atoms with E-state index in [2.05, 4.69) is 64.1 Å². The smallest absolute Gasteiger partial charge is 0.249 e. The van der Waals surface area contributed by atoms with Crippen LogP contribution >= 0.6 is 0 Å². The van der Waals surface area contributed by atoms with Crippen molar-refractivity contribution in [1.82, 2.24) is 10.2 Å². The summed E-state index contributed by atoms with van der Waals surface area (Å²) in [6.07, 6.45) is 6.62. The van der Waals surface area contributed by atoms with Crippen LogP contribution < -0.4 is 16.4 Å². The number of piperidine rings is 2. The Kier molecular flexibility index (Phi) is 8.13. The average Bonchev–Trinajstić information content (AvgIpc) is 2.82. The highest BCUT2D eigenvalue weighted by Crippen LogP contribution is 2.30. The molecule has 1 unspecified atom stereocenters. The van der Waals surface area contributed by atoms with Crippen molar-refractivity contribution in [2.24, 2.45) is 5.73 Å². The number of likely N-dealkylation sites (tertiary alicyclic amines) is 1. The van der Waals surface area contributed by atoms with Crippen LogP contribution in [0.3, 0.4) is 0 Å². The second-order valence-corrected chi connectivity index (χ2v) is 9.39. The summed E-state index contributed by atoms with van der Waals surface area (Å²) in [5, 5.41) is 5.66. The fraction of sp³-hybridized carbons (Fsp3) is 0.481. The van der Waals surface area contributed by atoms with Gasteiger partial charge in [-0.1, -0.05) is 36.4 Å². The normalized spacial score (nSPS) is 20.0. The van der Waals surface area contributed by atoms with Crippen molar-refractivity contribution >= 4 is 17.5 Å². The van der Waals surface area contributed by atoms with Gasteiger partial charge in [0.05, 0.1) is 0 Å². The molecule has 176 valence electrons. The summed E-state index contributed by atoms with van der Waals surface area (Å²) in [6.45, 7) is 4.01. The Morgan fingerprint density at radius 1 is 0.970 bits per heavy atom. The standard InChI is InChI=1S/C27H36N4O2/c28-15-2-1-4-20-5-3-6-21(18-20)19-31-16-13-23(14-17-31)22-7-9-24(10-8-22)29-25-11-12-26(32)30-27(25)33/h3,5-10,18,23,25,29H,1-2,4,11-17,19,28H2,(H,30,32,33). The third-order valence-corrected chi connectivity index (χ3v) is 6.87. The Morgan fingerprint density at radius 2 is 1.73 bits per heavy atom. The summed E-state index contributed by atoms with van der Waals surface area (Å²) in [5.74, 6) is 0.159. The van der Waals surface area contributed by atoms with E-state index >= 15 is 0 Å². The van der Waals surface area contributed by atoms with Crippen LogP contribution in [0, 0.1) is 0 Å². The van der Waals surface area contributed by atoms with Crippen LogP contribution in [0.15, 0.2) is 48.5 Å². The molecule has 2 aliphatic heterocycles. The van der Waals surface area contributed by atoms with E-state index in [1.807, 2.05) is 0 Å². The van der Waals surface area contributed by atoms with Crippen molar-refractivity contribution in [2.75, 3.05) is 25.0 Å². The molecule has 2 heterocycles. The molecule has 0 bridgehead atoms. The molecule has 0 aliphatic carbocycles. The highest BCUT2D eigenvalue weighted by molar-refractivity contribution is 6.01. The lowest BCUT2D eigenvalue weighted by Crippen LogP contribution is -2.47. The third-order valence-electron chi connectivity index (χ3n) is 6.87. The number of hydrogen-bond donors (Lipinski definition) is 3. The van der Waals surface area contributed by atoms with Crippen molar-refractivity contribution in [3.05, 3.63) is 65.2 Å². The molecule has 2 amide bonds. The summed E-state index contributed by atoms with van der Waals surface area (Å²) in [4.78, 5) is 25.8. The van der Waals surface area contributed by atoms with E-state index < -0.39 is 0 Å². The van der Waals surface area contributed by atoms with Gasteiger partial charge in [0.15, 0.2) is 0 Å². The lowest BCUT2D eigenvalue weighted by molar-refractivity contribution is -0.133. The number of anilines is 1. The number of amides is 2. The zero-order valence-corrected chi connectivity index (χ0v) is 19.4. The van der Waals surface area contributed by atoms with Gasteiger partial charge in [-0.15, -0.1) is 0 Å². The minimum Gasteiger partial charge on any atom is -0.374 e. The topological polar surface area (TPSA) is 87.5 Å². The molecule has 6 heteroatoms. The van der Waals surface area contributed by atoms with Crippen LogP contribution in [0.25, 0.3) is 0 Å². The van der Waals surface area contributed by atoms with Gasteiger partial charge in [0, 0.05) is 18.7 Å². The number of carbonyl (C=O) groups is 2. The van der Waals surface area contributed by atoms with Crippen LogP contribution in [0.5, 0.6) is 0 Å². The first-order chi connectivity index (χ1) is 16.1. The van der Waals surface area contributed by atoms with Gasteiger partial charge in [-0.25, -0.2) is 0 Å². The van der Waals surface area contributed by atoms with Gasteiger partial charge in [-0.3, -0.25) is 19.8 Å². The number of rotatable bonds is 9. The number of benzene rings is 2. The maximum Gasteiger partial charge on any atom is 0.249 e. The third kappa shape index (κ3) is 6.65. The number of unbranched alkanes of at least 4 members (excludes halogenated alkanes) is 1. The minimum atomic E-state index is -0.337. The maximum absolute atomic E-state index is 12.0. The first-order valence-electron chi connectivity index (χ1n) is 12.3. The predicted octanol–water partition coefficient (Wildman–Crippen LogP) is 3.56. The number of nitrogens with one attached hydrogen (secondary N) is 2. The molecule has 6 nitrogen and oxygen atoms in total.